The molecular weight excluding hydrogens is 316 g/mol. The molecule has 1 N–H and O–H groups in total. The largest absolute Gasteiger partial charge is 0.354 e. The second kappa shape index (κ2) is 5.82. The Kier molecular flexibility index (Phi) is 3.74. The summed E-state index contributed by atoms with van der Waals surface area (Å²) >= 11 is 0. The van der Waals surface area contributed by atoms with Crippen LogP contribution < -0.4 is 4.90 Å². The van der Waals surface area contributed by atoms with Gasteiger partial charge in [-0.2, -0.15) is 10.2 Å². The molecule has 7 heteroatoms. The van der Waals surface area contributed by atoms with Crippen molar-refractivity contribution in [1.82, 2.24) is 25.3 Å². The third-order valence-electron chi connectivity index (χ3n) is 5.26. The number of hydrogen-bond donors (Lipinski definition) is 1. The van der Waals surface area contributed by atoms with Crippen LogP contribution in [0.15, 0.2) is 24.5 Å². The number of carbonyl (C=O) groups excluding carboxylic acids is 1. The van der Waals surface area contributed by atoms with Gasteiger partial charge in [-0.05, 0) is 12.1 Å². The first-order chi connectivity index (χ1) is 11.9. The Bertz CT molecular complexity index is 735. The number of anilines is 1. The molecule has 2 aliphatic heterocycles. The van der Waals surface area contributed by atoms with Crippen LogP contribution >= 0.6 is 0 Å². The summed E-state index contributed by atoms with van der Waals surface area (Å²) in [5.41, 5.74) is 1.66. The molecule has 2 fully saturated rings. The van der Waals surface area contributed by atoms with Crippen LogP contribution in [0.1, 0.15) is 36.8 Å². The summed E-state index contributed by atoms with van der Waals surface area (Å²) in [5.74, 6) is 2.01. The molecule has 0 aliphatic carbocycles. The molecule has 0 saturated carbocycles. The first-order valence-electron chi connectivity index (χ1n) is 8.79. The van der Waals surface area contributed by atoms with E-state index in [1.165, 1.54) is 0 Å². The van der Waals surface area contributed by atoms with Crippen LogP contribution in [-0.2, 0) is 5.41 Å². The fourth-order valence-corrected chi connectivity index (χ4v) is 3.79. The van der Waals surface area contributed by atoms with E-state index in [-0.39, 0.29) is 11.3 Å². The highest BCUT2D eigenvalue weighted by Crippen LogP contribution is 2.34. The molecule has 7 nitrogen and oxygen atoms in total. The molecular formula is C18H24N6O. The molecule has 2 aromatic rings. The SMILES string of the molecule is CC(C)(C)c1ccc(N2CC3CN(C(=O)c4cn[nH]c4)CC3C2)nn1. The first-order valence-corrected chi connectivity index (χ1v) is 8.79. The van der Waals surface area contributed by atoms with Crippen molar-refractivity contribution in [2.75, 3.05) is 31.1 Å². The van der Waals surface area contributed by atoms with E-state index < -0.39 is 0 Å². The number of H-pyrrole nitrogens is 1. The number of nitrogens with one attached hydrogen (secondary N) is 1. The van der Waals surface area contributed by atoms with Crippen molar-refractivity contribution in [2.24, 2.45) is 11.8 Å². The van der Waals surface area contributed by atoms with E-state index in [0.717, 1.165) is 37.7 Å². The van der Waals surface area contributed by atoms with E-state index in [2.05, 4.69) is 58.2 Å². The second-order valence-electron chi connectivity index (χ2n) is 8.15. The van der Waals surface area contributed by atoms with Crippen molar-refractivity contribution in [2.45, 2.75) is 26.2 Å². The van der Waals surface area contributed by atoms with Crippen molar-refractivity contribution in [3.05, 3.63) is 35.8 Å². The summed E-state index contributed by atoms with van der Waals surface area (Å²) in [7, 11) is 0. The second-order valence-corrected chi connectivity index (χ2v) is 8.15. The third kappa shape index (κ3) is 2.99. The summed E-state index contributed by atoms with van der Waals surface area (Å²) in [4.78, 5) is 16.7. The van der Waals surface area contributed by atoms with Crippen molar-refractivity contribution in [1.29, 1.82) is 0 Å². The summed E-state index contributed by atoms with van der Waals surface area (Å²) in [6.07, 6.45) is 3.25. The fourth-order valence-electron chi connectivity index (χ4n) is 3.79. The van der Waals surface area contributed by atoms with Crippen LogP contribution in [-0.4, -0.2) is 57.4 Å². The molecule has 2 unspecified atom stereocenters. The highest BCUT2D eigenvalue weighted by atomic mass is 16.2. The van der Waals surface area contributed by atoms with E-state index in [4.69, 9.17) is 0 Å². The van der Waals surface area contributed by atoms with Gasteiger partial charge in [-0.25, -0.2) is 0 Å². The molecule has 4 heterocycles. The zero-order chi connectivity index (χ0) is 17.6. The van der Waals surface area contributed by atoms with Crippen molar-refractivity contribution in [3.8, 4) is 0 Å². The maximum atomic E-state index is 12.5. The molecule has 2 aliphatic rings. The maximum Gasteiger partial charge on any atom is 0.257 e. The number of fused-ring (bicyclic) bond motifs is 1. The van der Waals surface area contributed by atoms with Crippen LogP contribution in [0, 0.1) is 11.8 Å². The molecule has 0 spiro atoms. The lowest BCUT2D eigenvalue weighted by molar-refractivity contribution is 0.0782. The molecule has 132 valence electrons. The van der Waals surface area contributed by atoms with Gasteiger partial charge in [0.2, 0.25) is 0 Å². The summed E-state index contributed by atoms with van der Waals surface area (Å²) in [6, 6.07) is 4.15. The molecule has 0 bridgehead atoms. The molecule has 0 aromatic carbocycles. The van der Waals surface area contributed by atoms with Gasteiger partial charge >= 0.3 is 0 Å². The first kappa shape index (κ1) is 16.1. The zero-order valence-electron chi connectivity index (χ0n) is 14.9. The van der Waals surface area contributed by atoms with Crippen molar-refractivity contribution < 1.29 is 4.79 Å². The zero-order valence-corrected chi connectivity index (χ0v) is 14.9. The number of aromatic nitrogens is 4. The highest BCUT2D eigenvalue weighted by molar-refractivity contribution is 5.93. The van der Waals surface area contributed by atoms with E-state index in [0.29, 0.717) is 17.4 Å². The van der Waals surface area contributed by atoms with Crippen LogP contribution in [0.4, 0.5) is 5.82 Å². The average molecular weight is 340 g/mol. The Balaban J connectivity index is 1.40. The predicted octanol–water partition coefficient (Wildman–Crippen LogP) is 1.71. The minimum atomic E-state index is 0.0149. The average Bonchev–Trinajstić information content (AvgIpc) is 3.29. The number of aromatic amines is 1. The number of rotatable bonds is 2. The summed E-state index contributed by atoms with van der Waals surface area (Å²) < 4.78 is 0. The van der Waals surface area contributed by atoms with Crippen molar-refractivity contribution in [3.63, 3.8) is 0 Å². The van der Waals surface area contributed by atoms with Gasteiger partial charge in [0.05, 0.1) is 17.5 Å². The normalized spacial score (nSPS) is 23.2. The Morgan fingerprint density at radius 2 is 1.84 bits per heavy atom. The quantitative estimate of drug-likeness (QED) is 0.900. The lowest BCUT2D eigenvalue weighted by atomic mass is 9.92. The monoisotopic (exact) mass is 340 g/mol. The van der Waals surface area contributed by atoms with Crippen LogP contribution in [0.25, 0.3) is 0 Å². The van der Waals surface area contributed by atoms with E-state index in [9.17, 15) is 4.79 Å². The smallest absolute Gasteiger partial charge is 0.257 e. The number of hydrogen-bond acceptors (Lipinski definition) is 5. The molecule has 25 heavy (non-hydrogen) atoms. The minimum Gasteiger partial charge on any atom is -0.354 e. The molecule has 2 saturated heterocycles. The molecule has 2 atom stereocenters. The Labute approximate surface area is 147 Å². The van der Waals surface area contributed by atoms with E-state index in [1.807, 2.05) is 4.90 Å². The maximum absolute atomic E-state index is 12.5. The van der Waals surface area contributed by atoms with Crippen LogP contribution in [0.5, 0.6) is 0 Å². The third-order valence-corrected chi connectivity index (χ3v) is 5.26. The number of carbonyl (C=O) groups is 1. The standard InChI is InChI=1S/C18H24N6O/c1-18(2,3)15-4-5-16(22-21-15)23-8-13-10-24(11-14(13)9-23)17(25)12-6-19-20-7-12/h4-7,13-14H,8-11H2,1-3H3,(H,19,20). The lowest BCUT2D eigenvalue weighted by Crippen LogP contribution is -2.33. The lowest BCUT2D eigenvalue weighted by Gasteiger charge is -2.23. The van der Waals surface area contributed by atoms with Gasteiger partial charge in [0, 0.05) is 49.6 Å². The van der Waals surface area contributed by atoms with Gasteiger partial charge in [-0.1, -0.05) is 20.8 Å². The van der Waals surface area contributed by atoms with Gasteiger partial charge in [-0.3, -0.25) is 9.89 Å². The van der Waals surface area contributed by atoms with Crippen molar-refractivity contribution >= 4 is 11.7 Å². The van der Waals surface area contributed by atoms with Gasteiger partial charge in [0.15, 0.2) is 5.82 Å². The number of likely N-dealkylation sites (tertiary alicyclic amines) is 1. The molecule has 4 rings (SSSR count). The van der Waals surface area contributed by atoms with E-state index >= 15 is 0 Å². The number of amides is 1. The Morgan fingerprint density at radius 3 is 2.36 bits per heavy atom. The number of nitrogens with zero attached hydrogens (tertiary/aromatic N) is 5. The van der Waals surface area contributed by atoms with Gasteiger partial charge < -0.3 is 9.80 Å². The highest BCUT2D eigenvalue weighted by Gasteiger charge is 2.42. The Hall–Kier alpha value is -2.44. The topological polar surface area (TPSA) is 78.0 Å². The van der Waals surface area contributed by atoms with Crippen LogP contribution in [0.2, 0.25) is 0 Å². The molecule has 2 aromatic heterocycles. The van der Waals surface area contributed by atoms with Gasteiger partial charge in [0.1, 0.15) is 0 Å². The molecule has 1 amide bonds. The van der Waals surface area contributed by atoms with E-state index in [1.54, 1.807) is 12.4 Å². The molecule has 0 radical (unpaired) electrons. The fraction of sp³-hybridized carbons (Fsp3) is 0.556. The minimum absolute atomic E-state index is 0.0149. The Morgan fingerprint density at radius 1 is 1.12 bits per heavy atom. The predicted molar refractivity (Wildman–Crippen MR) is 94.4 cm³/mol. The van der Waals surface area contributed by atoms with Crippen LogP contribution in [0.3, 0.4) is 0 Å². The summed E-state index contributed by atoms with van der Waals surface area (Å²) in [5, 5.41) is 15.4. The summed E-state index contributed by atoms with van der Waals surface area (Å²) in [6.45, 7) is 9.90. The van der Waals surface area contributed by atoms with Gasteiger partial charge in [-0.15, -0.1) is 5.10 Å². The van der Waals surface area contributed by atoms with Gasteiger partial charge in [0.25, 0.3) is 5.91 Å².